The molecule has 1 saturated heterocycles. The number of thioether (sulfide) groups is 1. The smallest absolute Gasteiger partial charge is 0.255 e. The third kappa shape index (κ3) is 5.19. The Morgan fingerprint density at radius 1 is 0.938 bits per heavy atom. The van der Waals surface area contributed by atoms with Crippen molar-refractivity contribution in [3.63, 3.8) is 0 Å². The Hall–Kier alpha value is -3.12. The van der Waals surface area contributed by atoms with E-state index in [1.54, 1.807) is 17.2 Å². The van der Waals surface area contributed by atoms with Gasteiger partial charge < -0.3 is 9.80 Å². The van der Waals surface area contributed by atoms with E-state index in [0.717, 1.165) is 42.1 Å². The van der Waals surface area contributed by atoms with E-state index in [4.69, 9.17) is 0 Å². The summed E-state index contributed by atoms with van der Waals surface area (Å²) in [5, 5.41) is 0.737. The minimum Gasteiger partial charge on any atom is -0.339 e. The number of nitrogens with zero attached hydrogens (tertiary/aromatic N) is 3. The minimum atomic E-state index is -0.154. The quantitative estimate of drug-likeness (QED) is 0.497. The lowest BCUT2D eigenvalue weighted by Crippen LogP contribution is -2.33. The van der Waals surface area contributed by atoms with Crippen LogP contribution in [0.25, 0.3) is 0 Å². The number of hydrogen-bond donors (Lipinski definition) is 0. The number of aromatic nitrogens is 1. The molecular weight excluding hydrogens is 418 g/mol. The van der Waals surface area contributed by atoms with Crippen LogP contribution in [0.15, 0.2) is 84.0 Å². The molecule has 1 aliphatic rings. The van der Waals surface area contributed by atoms with Crippen LogP contribution < -0.4 is 0 Å². The summed E-state index contributed by atoms with van der Waals surface area (Å²) in [7, 11) is 1.85. The van der Waals surface area contributed by atoms with Crippen molar-refractivity contribution < 1.29 is 9.59 Å². The first kappa shape index (κ1) is 22.1. The van der Waals surface area contributed by atoms with Crippen molar-refractivity contribution >= 4 is 23.6 Å². The van der Waals surface area contributed by atoms with Crippen molar-refractivity contribution in [2.24, 2.45) is 0 Å². The van der Waals surface area contributed by atoms with Gasteiger partial charge in [0, 0.05) is 26.3 Å². The molecule has 2 amide bonds. The highest BCUT2D eigenvalue weighted by Gasteiger charge is 2.24. The molecule has 1 fully saturated rings. The lowest BCUT2D eigenvalue weighted by Gasteiger charge is -2.29. The first-order chi connectivity index (χ1) is 15.6. The second kappa shape index (κ2) is 10.5. The molecule has 1 aliphatic heterocycles. The minimum absolute atomic E-state index is 0.0201. The van der Waals surface area contributed by atoms with E-state index in [-0.39, 0.29) is 23.6 Å². The summed E-state index contributed by atoms with van der Waals surface area (Å²) in [5.41, 5.74) is 2.75. The van der Waals surface area contributed by atoms with E-state index in [0.29, 0.717) is 5.56 Å². The van der Waals surface area contributed by atoms with Crippen LogP contribution in [0, 0.1) is 0 Å². The van der Waals surface area contributed by atoms with Gasteiger partial charge in [-0.05, 0) is 36.1 Å². The Bertz CT molecular complexity index is 996. The number of amides is 2. The van der Waals surface area contributed by atoms with Crippen molar-refractivity contribution in [1.29, 1.82) is 0 Å². The number of pyridine rings is 1. The highest BCUT2D eigenvalue weighted by molar-refractivity contribution is 7.99. The van der Waals surface area contributed by atoms with Crippen molar-refractivity contribution in [2.45, 2.75) is 23.9 Å². The molecule has 6 heteroatoms. The second-order valence-electron chi connectivity index (χ2n) is 7.90. The third-order valence-corrected chi connectivity index (χ3v) is 6.66. The molecule has 0 bridgehead atoms. The Labute approximate surface area is 193 Å². The van der Waals surface area contributed by atoms with Gasteiger partial charge in [0.05, 0.1) is 22.4 Å². The molecule has 1 aromatic heterocycles. The van der Waals surface area contributed by atoms with Gasteiger partial charge in [0.25, 0.3) is 5.91 Å². The van der Waals surface area contributed by atoms with E-state index >= 15 is 0 Å². The largest absolute Gasteiger partial charge is 0.339 e. The predicted molar refractivity (Wildman–Crippen MR) is 128 cm³/mol. The Kier molecular flexibility index (Phi) is 7.22. The van der Waals surface area contributed by atoms with E-state index in [2.05, 4.69) is 4.98 Å². The normalized spacial score (nSPS) is 13.4. The molecule has 5 nitrogen and oxygen atoms in total. The Morgan fingerprint density at radius 2 is 1.53 bits per heavy atom. The van der Waals surface area contributed by atoms with Crippen LogP contribution in [0.5, 0.6) is 0 Å². The van der Waals surface area contributed by atoms with Crippen LogP contribution in [0.4, 0.5) is 0 Å². The molecule has 4 rings (SSSR count). The SMILES string of the molecule is CN(C(=O)CSc1ccc(C(=O)N2CCCC2)cn1)C(c1ccccc1)c1ccccc1. The first-order valence-corrected chi connectivity index (χ1v) is 11.9. The van der Waals surface area contributed by atoms with Gasteiger partial charge in [-0.1, -0.05) is 72.4 Å². The summed E-state index contributed by atoms with van der Waals surface area (Å²) in [6, 6.07) is 23.6. The molecule has 3 aromatic rings. The number of carbonyl (C=O) groups excluding carboxylic acids is 2. The van der Waals surface area contributed by atoms with Crippen LogP contribution in [-0.4, -0.2) is 52.5 Å². The van der Waals surface area contributed by atoms with Crippen LogP contribution in [0.3, 0.4) is 0 Å². The van der Waals surface area contributed by atoms with E-state index in [1.165, 1.54) is 11.8 Å². The number of carbonyl (C=O) groups is 2. The maximum Gasteiger partial charge on any atom is 0.255 e. The molecule has 164 valence electrons. The molecule has 0 atom stereocenters. The summed E-state index contributed by atoms with van der Waals surface area (Å²) in [6.45, 7) is 1.64. The zero-order valence-corrected chi connectivity index (χ0v) is 19.0. The van der Waals surface area contributed by atoms with Gasteiger partial charge in [-0.25, -0.2) is 4.98 Å². The van der Waals surface area contributed by atoms with Crippen molar-refractivity contribution in [3.8, 4) is 0 Å². The van der Waals surface area contributed by atoms with Gasteiger partial charge in [-0.15, -0.1) is 0 Å². The summed E-state index contributed by atoms with van der Waals surface area (Å²) in [4.78, 5) is 33.6. The van der Waals surface area contributed by atoms with Crippen molar-refractivity contribution in [1.82, 2.24) is 14.8 Å². The van der Waals surface area contributed by atoms with Crippen LogP contribution >= 0.6 is 11.8 Å². The predicted octanol–water partition coefficient (Wildman–Crippen LogP) is 4.66. The maximum atomic E-state index is 13.1. The number of hydrogen-bond acceptors (Lipinski definition) is 4. The van der Waals surface area contributed by atoms with Gasteiger partial charge in [-0.3, -0.25) is 9.59 Å². The van der Waals surface area contributed by atoms with E-state index in [1.807, 2.05) is 78.7 Å². The van der Waals surface area contributed by atoms with Gasteiger partial charge >= 0.3 is 0 Å². The van der Waals surface area contributed by atoms with Gasteiger partial charge in [0.15, 0.2) is 0 Å². The fourth-order valence-electron chi connectivity index (χ4n) is 3.99. The molecule has 0 aliphatic carbocycles. The van der Waals surface area contributed by atoms with E-state index < -0.39 is 0 Å². The van der Waals surface area contributed by atoms with Crippen LogP contribution in [0.2, 0.25) is 0 Å². The molecule has 0 radical (unpaired) electrons. The third-order valence-electron chi connectivity index (χ3n) is 5.73. The van der Waals surface area contributed by atoms with Crippen molar-refractivity contribution in [3.05, 3.63) is 95.7 Å². The fourth-order valence-corrected chi connectivity index (χ4v) is 4.75. The monoisotopic (exact) mass is 445 g/mol. The molecule has 0 saturated carbocycles. The summed E-state index contributed by atoms with van der Waals surface area (Å²) in [6.07, 6.45) is 3.75. The summed E-state index contributed by atoms with van der Waals surface area (Å²) >= 11 is 1.39. The molecule has 32 heavy (non-hydrogen) atoms. The standard InChI is InChI=1S/C26H27N3O2S/c1-28(25(20-10-4-2-5-11-20)21-12-6-3-7-13-21)24(30)19-32-23-15-14-22(18-27-23)26(31)29-16-8-9-17-29/h2-7,10-15,18,25H,8-9,16-17,19H2,1H3. The summed E-state index contributed by atoms with van der Waals surface area (Å²) in [5.74, 6) is 0.335. The fraction of sp³-hybridized carbons (Fsp3) is 0.269. The van der Waals surface area contributed by atoms with E-state index in [9.17, 15) is 9.59 Å². The molecule has 2 aromatic carbocycles. The zero-order chi connectivity index (χ0) is 22.3. The second-order valence-corrected chi connectivity index (χ2v) is 8.90. The van der Waals surface area contributed by atoms with Crippen LogP contribution in [-0.2, 0) is 4.79 Å². The Morgan fingerprint density at radius 3 is 2.06 bits per heavy atom. The summed E-state index contributed by atoms with van der Waals surface area (Å²) < 4.78 is 0. The number of rotatable bonds is 7. The topological polar surface area (TPSA) is 53.5 Å². The molecular formula is C26H27N3O2S. The average Bonchev–Trinajstić information content (AvgIpc) is 3.39. The maximum absolute atomic E-state index is 13.1. The van der Waals surface area contributed by atoms with Gasteiger partial charge in [0.1, 0.15) is 0 Å². The highest BCUT2D eigenvalue weighted by Crippen LogP contribution is 2.28. The first-order valence-electron chi connectivity index (χ1n) is 10.9. The lowest BCUT2D eigenvalue weighted by molar-refractivity contribution is -0.128. The number of benzene rings is 2. The molecule has 2 heterocycles. The number of likely N-dealkylation sites (tertiary alicyclic amines) is 1. The lowest BCUT2D eigenvalue weighted by atomic mass is 9.97. The van der Waals surface area contributed by atoms with Gasteiger partial charge in [-0.2, -0.15) is 0 Å². The Balaban J connectivity index is 1.41. The average molecular weight is 446 g/mol. The molecule has 0 unspecified atom stereocenters. The van der Waals surface area contributed by atoms with Crippen LogP contribution in [0.1, 0.15) is 40.4 Å². The highest BCUT2D eigenvalue weighted by atomic mass is 32.2. The molecule has 0 spiro atoms. The van der Waals surface area contributed by atoms with Gasteiger partial charge in [0.2, 0.25) is 5.91 Å². The van der Waals surface area contributed by atoms with Crippen molar-refractivity contribution in [2.75, 3.05) is 25.9 Å². The molecule has 0 N–H and O–H groups in total. The zero-order valence-electron chi connectivity index (χ0n) is 18.2.